The first-order valence-electron chi connectivity index (χ1n) is 8.30. The van der Waals surface area contributed by atoms with E-state index < -0.39 is 0 Å². The summed E-state index contributed by atoms with van der Waals surface area (Å²) in [7, 11) is 3.19. The number of hydrogen-bond donors (Lipinski definition) is 2. The molecule has 2 N–H and O–H groups in total. The van der Waals surface area contributed by atoms with E-state index in [1.54, 1.807) is 14.2 Å². The minimum Gasteiger partial charge on any atom is -0.493 e. The van der Waals surface area contributed by atoms with Gasteiger partial charge in [-0.1, -0.05) is 0 Å². The highest BCUT2D eigenvalue weighted by Crippen LogP contribution is 2.39. The van der Waals surface area contributed by atoms with Gasteiger partial charge in [0.15, 0.2) is 11.5 Å². The van der Waals surface area contributed by atoms with Gasteiger partial charge in [0.05, 0.1) is 25.6 Å². The molecule has 1 aliphatic heterocycles. The number of carbonyl (C=O) groups is 1. The molecule has 1 aliphatic rings. The van der Waals surface area contributed by atoms with Crippen molar-refractivity contribution in [3.63, 3.8) is 0 Å². The van der Waals surface area contributed by atoms with Gasteiger partial charge in [-0.2, -0.15) is 5.10 Å². The quantitative estimate of drug-likeness (QED) is 0.870. The summed E-state index contributed by atoms with van der Waals surface area (Å²) in [6, 6.07) is 5.58. The molecule has 1 fully saturated rings. The topological polar surface area (TPSA) is 85.5 Å². The van der Waals surface area contributed by atoms with Crippen LogP contribution in [-0.4, -0.2) is 43.5 Å². The fourth-order valence-electron chi connectivity index (χ4n) is 3.13. The molecule has 1 aromatic heterocycles. The van der Waals surface area contributed by atoms with Crippen molar-refractivity contribution in [2.45, 2.75) is 25.7 Å². The van der Waals surface area contributed by atoms with Gasteiger partial charge in [-0.3, -0.25) is 9.89 Å². The van der Waals surface area contributed by atoms with Gasteiger partial charge < -0.3 is 19.5 Å². The van der Waals surface area contributed by atoms with E-state index in [-0.39, 0.29) is 11.8 Å². The fourth-order valence-corrected chi connectivity index (χ4v) is 3.13. The van der Waals surface area contributed by atoms with E-state index in [1.165, 1.54) is 6.92 Å². The summed E-state index contributed by atoms with van der Waals surface area (Å²) in [5, 5.41) is 10.5. The monoisotopic (exact) mass is 345 g/mol. The first-order chi connectivity index (χ1) is 12.1. The molecule has 7 heteroatoms. The summed E-state index contributed by atoms with van der Waals surface area (Å²) in [6.07, 6.45) is 1.81. The molecule has 3 rings (SSSR count). The number of benzene rings is 1. The van der Waals surface area contributed by atoms with Crippen molar-refractivity contribution in [2.24, 2.45) is 0 Å². The minimum atomic E-state index is -0.128. The molecule has 0 unspecified atom stereocenters. The van der Waals surface area contributed by atoms with E-state index in [0.29, 0.717) is 17.2 Å². The second-order valence-corrected chi connectivity index (χ2v) is 6.00. The van der Waals surface area contributed by atoms with Crippen molar-refractivity contribution in [1.82, 2.24) is 10.2 Å². The Kier molecular flexibility index (Phi) is 5.23. The van der Waals surface area contributed by atoms with Crippen LogP contribution in [0.4, 0.5) is 5.69 Å². The Morgan fingerprint density at radius 3 is 2.60 bits per heavy atom. The Balaban J connectivity index is 2.03. The third kappa shape index (κ3) is 3.61. The normalized spacial score (nSPS) is 15.0. The maximum Gasteiger partial charge on any atom is 0.221 e. The number of H-pyrrole nitrogens is 1. The highest BCUT2D eigenvalue weighted by Gasteiger charge is 2.25. The van der Waals surface area contributed by atoms with Gasteiger partial charge in [0, 0.05) is 31.6 Å². The van der Waals surface area contributed by atoms with Gasteiger partial charge in [-0.05, 0) is 31.0 Å². The molecule has 1 aromatic carbocycles. The summed E-state index contributed by atoms with van der Waals surface area (Å²) >= 11 is 0. The molecular weight excluding hydrogens is 322 g/mol. The van der Waals surface area contributed by atoms with Crippen molar-refractivity contribution < 1.29 is 19.0 Å². The number of rotatable bonds is 5. The minimum absolute atomic E-state index is 0.128. The standard InChI is InChI=1S/C18H23N3O4/c1-11(22)19-18-16(12-6-8-25-9-7-12)20-21-17(18)13-4-5-14(23-2)15(10-13)24-3/h4-5,10,12H,6-9H2,1-3H3,(H,19,22)(H,20,21). The number of nitrogens with one attached hydrogen (secondary N) is 2. The van der Waals surface area contributed by atoms with Crippen molar-refractivity contribution in [3.05, 3.63) is 23.9 Å². The van der Waals surface area contributed by atoms with E-state index in [2.05, 4.69) is 15.5 Å². The first-order valence-corrected chi connectivity index (χ1v) is 8.30. The Morgan fingerprint density at radius 2 is 1.96 bits per heavy atom. The number of anilines is 1. The fraction of sp³-hybridized carbons (Fsp3) is 0.444. The summed E-state index contributed by atoms with van der Waals surface area (Å²) in [6.45, 7) is 2.93. The third-order valence-corrected chi connectivity index (χ3v) is 4.38. The van der Waals surface area contributed by atoms with Crippen LogP contribution in [0.5, 0.6) is 11.5 Å². The molecule has 1 amide bonds. The SMILES string of the molecule is COc1ccc(-c2n[nH]c(C3CCOCC3)c2NC(C)=O)cc1OC. The maximum atomic E-state index is 11.7. The van der Waals surface area contributed by atoms with Crippen LogP contribution in [0.3, 0.4) is 0 Å². The van der Waals surface area contributed by atoms with Crippen LogP contribution < -0.4 is 14.8 Å². The number of amides is 1. The largest absolute Gasteiger partial charge is 0.493 e. The zero-order chi connectivity index (χ0) is 17.8. The molecule has 0 spiro atoms. The Morgan fingerprint density at radius 1 is 1.24 bits per heavy atom. The van der Waals surface area contributed by atoms with E-state index in [4.69, 9.17) is 14.2 Å². The number of nitrogens with zero attached hydrogens (tertiary/aromatic N) is 1. The summed E-state index contributed by atoms with van der Waals surface area (Å²) in [5.41, 5.74) is 3.21. The predicted octanol–water partition coefficient (Wildman–Crippen LogP) is 2.95. The lowest BCUT2D eigenvalue weighted by Crippen LogP contribution is -2.17. The summed E-state index contributed by atoms with van der Waals surface area (Å²) < 4.78 is 16.1. The van der Waals surface area contributed by atoms with Crippen LogP contribution in [0.15, 0.2) is 18.2 Å². The average Bonchev–Trinajstić information content (AvgIpc) is 3.04. The van der Waals surface area contributed by atoms with Crippen molar-refractivity contribution >= 4 is 11.6 Å². The zero-order valence-electron chi connectivity index (χ0n) is 14.7. The van der Waals surface area contributed by atoms with Gasteiger partial charge in [0.2, 0.25) is 5.91 Å². The molecule has 134 valence electrons. The maximum absolute atomic E-state index is 11.7. The number of methoxy groups -OCH3 is 2. The lowest BCUT2D eigenvalue weighted by Gasteiger charge is -2.22. The lowest BCUT2D eigenvalue weighted by atomic mass is 9.94. The van der Waals surface area contributed by atoms with E-state index >= 15 is 0 Å². The van der Waals surface area contributed by atoms with Crippen LogP contribution in [0.1, 0.15) is 31.4 Å². The summed E-state index contributed by atoms with van der Waals surface area (Å²) in [4.78, 5) is 11.7. The smallest absolute Gasteiger partial charge is 0.221 e. The number of carbonyl (C=O) groups excluding carboxylic acids is 1. The van der Waals surface area contributed by atoms with Gasteiger partial charge in [0.25, 0.3) is 0 Å². The number of hydrogen-bond acceptors (Lipinski definition) is 5. The van der Waals surface area contributed by atoms with Crippen LogP contribution in [-0.2, 0) is 9.53 Å². The van der Waals surface area contributed by atoms with Crippen LogP contribution in [0.2, 0.25) is 0 Å². The number of aromatic amines is 1. The first kappa shape index (κ1) is 17.3. The second kappa shape index (κ2) is 7.57. The van der Waals surface area contributed by atoms with E-state index in [1.807, 2.05) is 18.2 Å². The molecule has 25 heavy (non-hydrogen) atoms. The molecule has 0 aliphatic carbocycles. The number of ether oxygens (including phenoxy) is 3. The van der Waals surface area contributed by atoms with Gasteiger partial charge >= 0.3 is 0 Å². The zero-order valence-corrected chi connectivity index (χ0v) is 14.7. The van der Waals surface area contributed by atoms with Crippen LogP contribution >= 0.6 is 0 Å². The van der Waals surface area contributed by atoms with Crippen molar-refractivity contribution in [1.29, 1.82) is 0 Å². The van der Waals surface area contributed by atoms with E-state index in [0.717, 1.165) is 43.0 Å². The third-order valence-electron chi connectivity index (χ3n) is 4.38. The average molecular weight is 345 g/mol. The molecule has 2 aromatic rings. The second-order valence-electron chi connectivity index (χ2n) is 6.00. The van der Waals surface area contributed by atoms with Gasteiger partial charge in [0.1, 0.15) is 5.69 Å². The van der Waals surface area contributed by atoms with Crippen molar-refractivity contribution in [2.75, 3.05) is 32.8 Å². The van der Waals surface area contributed by atoms with Gasteiger partial charge in [-0.25, -0.2) is 0 Å². The molecule has 2 heterocycles. The molecular formula is C18H23N3O4. The summed E-state index contributed by atoms with van der Waals surface area (Å²) in [5.74, 6) is 1.42. The number of aromatic nitrogens is 2. The van der Waals surface area contributed by atoms with E-state index in [9.17, 15) is 4.79 Å². The Labute approximate surface area is 146 Å². The van der Waals surface area contributed by atoms with Crippen LogP contribution in [0, 0.1) is 0 Å². The molecule has 0 bridgehead atoms. The molecule has 0 radical (unpaired) electrons. The highest BCUT2D eigenvalue weighted by molar-refractivity contribution is 5.94. The molecule has 0 saturated carbocycles. The molecule has 0 atom stereocenters. The highest BCUT2D eigenvalue weighted by atomic mass is 16.5. The van der Waals surface area contributed by atoms with Crippen LogP contribution in [0.25, 0.3) is 11.3 Å². The van der Waals surface area contributed by atoms with Gasteiger partial charge in [-0.15, -0.1) is 0 Å². The molecule has 7 nitrogen and oxygen atoms in total. The predicted molar refractivity (Wildman–Crippen MR) is 94.2 cm³/mol. The van der Waals surface area contributed by atoms with Crippen molar-refractivity contribution in [3.8, 4) is 22.8 Å². The Bertz CT molecular complexity index is 751. The Hall–Kier alpha value is -2.54. The lowest BCUT2D eigenvalue weighted by molar-refractivity contribution is -0.114. The molecule has 1 saturated heterocycles.